The molecule has 0 aromatic carbocycles. The highest BCUT2D eigenvalue weighted by molar-refractivity contribution is 5.97. The van der Waals surface area contributed by atoms with Gasteiger partial charge in [0.2, 0.25) is 0 Å². The Hall–Kier alpha value is -0.590. The molecule has 0 aromatic rings. The van der Waals surface area contributed by atoms with E-state index < -0.39 is 0 Å². The minimum absolute atomic E-state index is 0.277. The molecule has 0 amide bonds. The van der Waals surface area contributed by atoms with Crippen molar-refractivity contribution in [2.45, 2.75) is 26.7 Å². The Kier molecular flexibility index (Phi) is 1.93. The summed E-state index contributed by atoms with van der Waals surface area (Å²) in [5.74, 6) is 1.32. The third-order valence-electron chi connectivity index (χ3n) is 2.29. The molecule has 0 spiro atoms. The molecule has 0 unspecified atom stereocenters. The van der Waals surface area contributed by atoms with Crippen molar-refractivity contribution in [1.29, 1.82) is 0 Å². The first kappa shape index (κ1) is 7.52. The van der Waals surface area contributed by atoms with Crippen LogP contribution in [0.1, 0.15) is 26.7 Å². The van der Waals surface area contributed by atoms with Crippen molar-refractivity contribution >= 4 is 5.78 Å². The van der Waals surface area contributed by atoms with E-state index in [0.29, 0.717) is 11.8 Å². The molecule has 0 aromatic heterocycles. The molecule has 0 bridgehead atoms. The third-order valence-corrected chi connectivity index (χ3v) is 2.29. The molecule has 0 saturated heterocycles. The number of carbonyl (C=O) groups excluding carboxylic acids is 1. The Morgan fingerprint density at radius 2 is 2.20 bits per heavy atom. The van der Waals surface area contributed by atoms with Gasteiger partial charge in [-0.15, -0.1) is 0 Å². The molecular weight excluding hydrogens is 124 g/mol. The smallest absolute Gasteiger partial charge is 0.158 e. The van der Waals surface area contributed by atoms with Gasteiger partial charge in [-0.2, -0.15) is 0 Å². The summed E-state index contributed by atoms with van der Waals surface area (Å²) >= 11 is 0. The molecule has 0 heterocycles. The topological polar surface area (TPSA) is 17.1 Å². The zero-order chi connectivity index (χ0) is 7.72. The van der Waals surface area contributed by atoms with E-state index in [2.05, 4.69) is 20.4 Å². The highest BCUT2D eigenvalue weighted by Crippen LogP contribution is 2.32. The maximum Gasteiger partial charge on any atom is 0.158 e. The van der Waals surface area contributed by atoms with Gasteiger partial charge in [-0.05, 0) is 23.8 Å². The Bertz CT molecular complexity index is 168. The maximum absolute atomic E-state index is 11.0. The van der Waals surface area contributed by atoms with Crippen molar-refractivity contribution in [2.75, 3.05) is 0 Å². The van der Waals surface area contributed by atoms with Crippen molar-refractivity contribution in [2.24, 2.45) is 11.8 Å². The summed E-state index contributed by atoms with van der Waals surface area (Å²) in [7, 11) is 0. The SMILES string of the molecule is C=C1C(=O)CC[C@H]1C(C)C. The van der Waals surface area contributed by atoms with Crippen LogP contribution in [0.3, 0.4) is 0 Å². The van der Waals surface area contributed by atoms with Crippen LogP contribution in [-0.4, -0.2) is 5.78 Å². The van der Waals surface area contributed by atoms with Gasteiger partial charge in [0, 0.05) is 6.42 Å². The molecule has 10 heavy (non-hydrogen) atoms. The van der Waals surface area contributed by atoms with Crippen molar-refractivity contribution < 1.29 is 4.79 Å². The highest BCUT2D eigenvalue weighted by atomic mass is 16.1. The minimum Gasteiger partial charge on any atom is -0.295 e. The molecule has 1 aliphatic rings. The summed E-state index contributed by atoms with van der Waals surface area (Å²) in [4.78, 5) is 11.0. The molecule has 0 aliphatic heterocycles. The number of carbonyl (C=O) groups is 1. The van der Waals surface area contributed by atoms with Crippen LogP contribution in [-0.2, 0) is 4.79 Å². The Morgan fingerprint density at radius 1 is 1.60 bits per heavy atom. The second-order valence-corrected chi connectivity index (χ2v) is 3.34. The summed E-state index contributed by atoms with van der Waals surface area (Å²) in [6, 6.07) is 0. The summed E-state index contributed by atoms with van der Waals surface area (Å²) in [5.41, 5.74) is 0.856. The lowest BCUT2D eigenvalue weighted by atomic mass is 9.91. The normalized spacial score (nSPS) is 26.5. The van der Waals surface area contributed by atoms with Gasteiger partial charge in [-0.25, -0.2) is 0 Å². The fraction of sp³-hybridized carbons (Fsp3) is 0.667. The van der Waals surface area contributed by atoms with E-state index in [-0.39, 0.29) is 5.78 Å². The predicted octanol–water partition coefficient (Wildman–Crippen LogP) is 2.18. The lowest BCUT2D eigenvalue weighted by Gasteiger charge is -2.13. The van der Waals surface area contributed by atoms with Crippen LogP contribution < -0.4 is 0 Å². The fourth-order valence-electron chi connectivity index (χ4n) is 1.56. The van der Waals surface area contributed by atoms with Gasteiger partial charge in [-0.3, -0.25) is 4.79 Å². The second kappa shape index (κ2) is 2.57. The van der Waals surface area contributed by atoms with Crippen LogP contribution >= 0.6 is 0 Å². The summed E-state index contributed by atoms with van der Waals surface area (Å²) in [6.45, 7) is 8.08. The molecule has 0 N–H and O–H groups in total. The summed E-state index contributed by atoms with van der Waals surface area (Å²) in [5, 5.41) is 0. The average Bonchev–Trinajstić information content (AvgIpc) is 2.14. The van der Waals surface area contributed by atoms with Crippen molar-refractivity contribution in [3.63, 3.8) is 0 Å². The zero-order valence-electron chi connectivity index (χ0n) is 6.68. The molecule has 1 nitrogen and oxygen atoms in total. The molecule has 1 fully saturated rings. The monoisotopic (exact) mass is 138 g/mol. The number of hydrogen-bond donors (Lipinski definition) is 0. The van der Waals surface area contributed by atoms with Crippen LogP contribution in [0.25, 0.3) is 0 Å². The highest BCUT2D eigenvalue weighted by Gasteiger charge is 2.28. The lowest BCUT2D eigenvalue weighted by molar-refractivity contribution is -0.114. The van der Waals surface area contributed by atoms with Gasteiger partial charge in [0.15, 0.2) is 5.78 Å². The van der Waals surface area contributed by atoms with E-state index in [4.69, 9.17) is 0 Å². The predicted molar refractivity (Wildman–Crippen MR) is 41.7 cm³/mol. The first-order valence-electron chi connectivity index (χ1n) is 3.85. The van der Waals surface area contributed by atoms with Crippen LogP contribution in [0, 0.1) is 11.8 Å². The van der Waals surface area contributed by atoms with E-state index in [9.17, 15) is 4.79 Å². The molecule has 1 rings (SSSR count). The van der Waals surface area contributed by atoms with E-state index in [1.165, 1.54) is 0 Å². The van der Waals surface area contributed by atoms with Gasteiger partial charge >= 0.3 is 0 Å². The van der Waals surface area contributed by atoms with E-state index in [1.54, 1.807) is 0 Å². The molecule has 1 saturated carbocycles. The van der Waals surface area contributed by atoms with Crippen molar-refractivity contribution in [3.8, 4) is 0 Å². The number of hydrogen-bond acceptors (Lipinski definition) is 1. The lowest BCUT2D eigenvalue weighted by Crippen LogP contribution is -2.06. The van der Waals surface area contributed by atoms with Crippen LogP contribution in [0.4, 0.5) is 0 Å². The van der Waals surface area contributed by atoms with Crippen LogP contribution in [0.5, 0.6) is 0 Å². The van der Waals surface area contributed by atoms with Gasteiger partial charge in [0.1, 0.15) is 0 Å². The van der Waals surface area contributed by atoms with Crippen molar-refractivity contribution in [3.05, 3.63) is 12.2 Å². The Labute approximate surface area is 62.1 Å². The first-order valence-corrected chi connectivity index (χ1v) is 3.85. The quantitative estimate of drug-likeness (QED) is 0.507. The Balaban J connectivity index is 2.66. The third kappa shape index (κ3) is 1.13. The first-order chi connectivity index (χ1) is 4.63. The standard InChI is InChI=1S/C9H14O/c1-6(2)8-4-5-9(10)7(8)3/h6,8H,3-5H2,1-2H3/t8-/m0/s1. The van der Waals surface area contributed by atoms with Gasteiger partial charge in [-0.1, -0.05) is 20.4 Å². The minimum atomic E-state index is 0.277. The van der Waals surface area contributed by atoms with Crippen LogP contribution in [0.15, 0.2) is 12.2 Å². The van der Waals surface area contributed by atoms with Crippen molar-refractivity contribution in [1.82, 2.24) is 0 Å². The van der Waals surface area contributed by atoms with E-state index in [1.807, 2.05) is 0 Å². The van der Waals surface area contributed by atoms with Gasteiger partial charge in [0.25, 0.3) is 0 Å². The fourth-order valence-corrected chi connectivity index (χ4v) is 1.56. The molecule has 1 aliphatic carbocycles. The summed E-state index contributed by atoms with van der Waals surface area (Å²) in [6.07, 6.45) is 1.75. The van der Waals surface area contributed by atoms with E-state index in [0.717, 1.165) is 18.4 Å². The number of allylic oxidation sites excluding steroid dienone is 1. The van der Waals surface area contributed by atoms with E-state index >= 15 is 0 Å². The van der Waals surface area contributed by atoms with Gasteiger partial charge in [0.05, 0.1) is 0 Å². The molecule has 56 valence electrons. The number of ketones is 1. The number of Topliss-reactive ketones (excluding diaryl/α,β-unsaturated/α-hetero) is 1. The Morgan fingerprint density at radius 3 is 2.40 bits per heavy atom. The second-order valence-electron chi connectivity index (χ2n) is 3.34. The molecule has 1 atom stereocenters. The maximum atomic E-state index is 11.0. The molecular formula is C9H14O. The molecule has 1 heteroatoms. The van der Waals surface area contributed by atoms with Gasteiger partial charge < -0.3 is 0 Å². The largest absolute Gasteiger partial charge is 0.295 e. The average molecular weight is 138 g/mol. The van der Waals surface area contributed by atoms with Crippen LogP contribution in [0.2, 0.25) is 0 Å². The molecule has 0 radical (unpaired) electrons. The zero-order valence-corrected chi connectivity index (χ0v) is 6.68. The summed E-state index contributed by atoms with van der Waals surface area (Å²) < 4.78 is 0. The number of rotatable bonds is 1.